The summed E-state index contributed by atoms with van der Waals surface area (Å²) in [6.07, 6.45) is 0.601. The van der Waals surface area contributed by atoms with Crippen molar-refractivity contribution in [2.75, 3.05) is 20.2 Å². The molecule has 0 saturated carbocycles. The maximum absolute atomic E-state index is 12.9. The van der Waals surface area contributed by atoms with E-state index in [0.29, 0.717) is 23.0 Å². The Kier molecular flexibility index (Phi) is 5.46. The second-order valence-electron chi connectivity index (χ2n) is 7.55. The number of nitro groups is 1. The number of nitrogens with zero attached hydrogens (tertiary/aromatic N) is 2. The van der Waals surface area contributed by atoms with Crippen LogP contribution in [0.3, 0.4) is 0 Å². The quantitative estimate of drug-likeness (QED) is 0.374. The predicted octanol–water partition coefficient (Wildman–Crippen LogP) is 3.32. The molecule has 1 aliphatic rings. The molecule has 2 aromatic carbocycles. The third-order valence-corrected chi connectivity index (χ3v) is 6.50. The predicted molar refractivity (Wildman–Crippen MR) is 116 cm³/mol. The summed E-state index contributed by atoms with van der Waals surface area (Å²) in [6, 6.07) is 6.01. The number of hydrogen-bond acceptors (Lipinski definition) is 8. The van der Waals surface area contributed by atoms with Gasteiger partial charge in [-0.1, -0.05) is 15.9 Å². The lowest BCUT2D eigenvalue weighted by Crippen LogP contribution is -2.32. The molecule has 1 aliphatic heterocycles. The topological polar surface area (TPSA) is 137 Å². The molecule has 2 heterocycles. The van der Waals surface area contributed by atoms with Gasteiger partial charge in [0.2, 0.25) is 0 Å². The maximum Gasteiger partial charge on any atom is 0.270 e. The van der Waals surface area contributed by atoms with Crippen molar-refractivity contribution >= 4 is 32.6 Å². The highest BCUT2D eigenvalue weighted by molar-refractivity contribution is 9.10. The Morgan fingerprint density at radius 2 is 2.00 bits per heavy atom. The van der Waals surface area contributed by atoms with Crippen molar-refractivity contribution in [1.29, 1.82) is 0 Å². The molecular formula is C21H19BrN2O7. The van der Waals surface area contributed by atoms with E-state index < -0.39 is 16.1 Å². The van der Waals surface area contributed by atoms with E-state index >= 15 is 0 Å². The van der Waals surface area contributed by atoms with E-state index in [-0.39, 0.29) is 52.3 Å². The number of halogens is 1. The lowest BCUT2D eigenvalue weighted by atomic mass is 9.89. The highest BCUT2D eigenvalue weighted by Crippen LogP contribution is 2.44. The van der Waals surface area contributed by atoms with E-state index in [4.69, 9.17) is 4.42 Å². The molecule has 0 aliphatic carbocycles. The van der Waals surface area contributed by atoms with Crippen molar-refractivity contribution in [1.82, 2.24) is 4.90 Å². The summed E-state index contributed by atoms with van der Waals surface area (Å²) in [6.45, 7) is 0.501. The van der Waals surface area contributed by atoms with Crippen LogP contribution in [0.5, 0.6) is 11.5 Å². The first-order valence-corrected chi connectivity index (χ1v) is 10.3. The van der Waals surface area contributed by atoms with Gasteiger partial charge >= 0.3 is 0 Å². The zero-order chi connectivity index (χ0) is 22.4. The maximum atomic E-state index is 12.9. The van der Waals surface area contributed by atoms with Crippen molar-refractivity contribution in [3.63, 3.8) is 0 Å². The zero-order valence-corrected chi connectivity index (χ0v) is 18.0. The molecular weight excluding hydrogens is 472 g/mol. The molecule has 3 aromatic rings. The lowest BCUT2D eigenvalue weighted by molar-refractivity contribution is -0.384. The van der Waals surface area contributed by atoms with Crippen molar-refractivity contribution in [2.45, 2.75) is 18.4 Å². The lowest BCUT2D eigenvalue weighted by Gasteiger charge is -2.24. The summed E-state index contributed by atoms with van der Waals surface area (Å²) >= 11 is 3.32. The largest absolute Gasteiger partial charge is 0.507 e. The molecule has 1 fully saturated rings. The molecule has 0 amide bonds. The number of likely N-dealkylation sites (tertiary alicyclic amines) is 1. The fraction of sp³-hybridized carbons (Fsp3) is 0.286. The summed E-state index contributed by atoms with van der Waals surface area (Å²) in [4.78, 5) is 25.5. The molecule has 0 radical (unpaired) electrons. The molecule has 3 N–H and O–H groups in total. The van der Waals surface area contributed by atoms with Crippen LogP contribution in [0.1, 0.15) is 17.9 Å². The van der Waals surface area contributed by atoms with E-state index in [9.17, 15) is 30.2 Å². The number of phenols is 2. The molecule has 4 rings (SSSR count). The summed E-state index contributed by atoms with van der Waals surface area (Å²) in [5, 5.41) is 41.9. The number of aromatic hydroxyl groups is 2. The SMILES string of the molecule is CN1CCC(c2c(O)cc(O)c3c(=O)cc(-c4cc([N+](=O)[O-])ccc4Br)oc23)C1CO. The minimum Gasteiger partial charge on any atom is -0.507 e. The van der Waals surface area contributed by atoms with Crippen LogP contribution >= 0.6 is 15.9 Å². The van der Waals surface area contributed by atoms with E-state index in [1.54, 1.807) is 0 Å². The summed E-state index contributed by atoms with van der Waals surface area (Å²) in [5.41, 5.74) is -0.143. The second kappa shape index (κ2) is 7.95. The van der Waals surface area contributed by atoms with Crippen molar-refractivity contribution in [3.8, 4) is 22.8 Å². The normalized spacial score (nSPS) is 19.2. The first-order chi connectivity index (χ1) is 14.7. The fourth-order valence-electron chi connectivity index (χ4n) is 4.24. The summed E-state index contributed by atoms with van der Waals surface area (Å²) < 4.78 is 6.48. The number of aliphatic hydroxyl groups is 1. The molecule has 0 spiro atoms. The number of aliphatic hydroxyl groups excluding tert-OH is 1. The molecule has 0 bridgehead atoms. The number of hydrogen-bond donors (Lipinski definition) is 3. The van der Waals surface area contributed by atoms with E-state index in [2.05, 4.69) is 15.9 Å². The summed E-state index contributed by atoms with van der Waals surface area (Å²) in [5.74, 6) is -0.972. The Morgan fingerprint density at radius 3 is 2.68 bits per heavy atom. The molecule has 31 heavy (non-hydrogen) atoms. The molecule has 2 atom stereocenters. The highest BCUT2D eigenvalue weighted by Gasteiger charge is 2.36. The number of fused-ring (bicyclic) bond motifs is 1. The van der Waals surface area contributed by atoms with E-state index in [0.717, 1.165) is 12.1 Å². The van der Waals surface area contributed by atoms with Crippen LogP contribution in [0, 0.1) is 10.1 Å². The fourth-order valence-corrected chi connectivity index (χ4v) is 4.68. The van der Waals surface area contributed by atoms with Crippen LogP contribution < -0.4 is 5.43 Å². The number of nitro benzene ring substituents is 1. The Balaban J connectivity index is 2.02. The molecule has 9 nitrogen and oxygen atoms in total. The smallest absolute Gasteiger partial charge is 0.270 e. The monoisotopic (exact) mass is 490 g/mol. The van der Waals surface area contributed by atoms with E-state index in [1.807, 2.05) is 11.9 Å². The zero-order valence-electron chi connectivity index (χ0n) is 16.4. The Hall–Kier alpha value is -2.95. The molecule has 162 valence electrons. The number of non-ortho nitro benzene ring substituents is 1. The first-order valence-electron chi connectivity index (χ1n) is 9.51. The summed E-state index contributed by atoms with van der Waals surface area (Å²) in [7, 11) is 1.85. The van der Waals surface area contributed by atoms with Crippen LogP contribution in [-0.2, 0) is 0 Å². The van der Waals surface area contributed by atoms with Gasteiger partial charge in [-0.25, -0.2) is 0 Å². The third-order valence-electron chi connectivity index (χ3n) is 5.81. The van der Waals surface area contributed by atoms with Crippen LogP contribution in [0.25, 0.3) is 22.3 Å². The van der Waals surface area contributed by atoms with Gasteiger partial charge in [0, 0.05) is 51.8 Å². The number of phenolic OH excluding ortho intramolecular Hbond substituents is 2. The van der Waals surface area contributed by atoms with Crippen molar-refractivity contribution < 1.29 is 24.7 Å². The van der Waals surface area contributed by atoms with Crippen molar-refractivity contribution in [2.24, 2.45) is 0 Å². The van der Waals surface area contributed by atoms with Crippen LogP contribution in [-0.4, -0.2) is 51.4 Å². The Morgan fingerprint density at radius 1 is 1.26 bits per heavy atom. The van der Waals surface area contributed by atoms with Crippen LogP contribution in [0.4, 0.5) is 5.69 Å². The number of likely N-dealkylation sites (N-methyl/N-ethyl adjacent to an activating group) is 1. The standard InChI is InChI=1S/C21H19BrN2O7/c1-23-5-4-11(14(23)9-25)19-15(26)7-16(27)20-17(28)8-18(31-21(19)20)12-6-10(24(29)30)2-3-13(12)22/h2-3,6-8,11,14,25-27H,4-5,9H2,1H3. The van der Waals surface area contributed by atoms with Gasteiger partial charge in [0.1, 0.15) is 28.2 Å². The minimum absolute atomic E-state index is 0.00263. The molecule has 10 heteroatoms. The minimum atomic E-state index is -0.557. The molecule has 2 unspecified atom stereocenters. The average molecular weight is 491 g/mol. The first kappa shape index (κ1) is 21.3. The third kappa shape index (κ3) is 3.56. The van der Waals surface area contributed by atoms with Gasteiger partial charge in [0.15, 0.2) is 5.43 Å². The molecule has 1 aromatic heterocycles. The van der Waals surface area contributed by atoms with Gasteiger partial charge in [-0.15, -0.1) is 0 Å². The van der Waals surface area contributed by atoms with Crippen molar-refractivity contribution in [3.05, 3.63) is 60.7 Å². The van der Waals surface area contributed by atoms with E-state index in [1.165, 1.54) is 18.2 Å². The van der Waals surface area contributed by atoms with Gasteiger partial charge in [-0.05, 0) is 26.1 Å². The number of rotatable bonds is 4. The van der Waals surface area contributed by atoms with Crippen LogP contribution in [0.2, 0.25) is 0 Å². The van der Waals surface area contributed by atoms with Gasteiger partial charge in [0.05, 0.1) is 11.5 Å². The highest BCUT2D eigenvalue weighted by atomic mass is 79.9. The van der Waals surface area contributed by atoms with Gasteiger partial charge < -0.3 is 24.6 Å². The Labute approximate surface area is 184 Å². The van der Waals surface area contributed by atoms with Crippen LogP contribution in [0.15, 0.2) is 44.0 Å². The van der Waals surface area contributed by atoms with Gasteiger partial charge in [-0.2, -0.15) is 0 Å². The number of benzene rings is 2. The molecule has 1 saturated heterocycles. The Bertz CT molecular complexity index is 1260. The van der Waals surface area contributed by atoms with Gasteiger partial charge in [-0.3, -0.25) is 14.9 Å². The van der Waals surface area contributed by atoms with Gasteiger partial charge in [0.25, 0.3) is 5.69 Å². The average Bonchev–Trinajstić information content (AvgIpc) is 3.07. The second-order valence-corrected chi connectivity index (χ2v) is 8.41.